The van der Waals surface area contributed by atoms with Crippen molar-refractivity contribution in [3.63, 3.8) is 0 Å². The van der Waals surface area contributed by atoms with Crippen LogP contribution < -0.4 is 47.9 Å². The van der Waals surface area contributed by atoms with Crippen molar-refractivity contribution in [3.05, 3.63) is 107 Å². The number of nitrogens with zero attached hydrogens (tertiary/aromatic N) is 2. The maximum Gasteiger partial charge on any atom is 0.248 e. The predicted molar refractivity (Wildman–Crippen MR) is 244 cm³/mol. The number of carbonyl (C=O) groups is 5. The van der Waals surface area contributed by atoms with Crippen molar-refractivity contribution in [2.24, 2.45) is 17.2 Å². The van der Waals surface area contributed by atoms with Crippen LogP contribution in [0.5, 0.6) is 11.5 Å². The minimum absolute atomic E-state index is 0.0123. The number of amides is 5. The number of nitriles is 1. The summed E-state index contributed by atoms with van der Waals surface area (Å²) in [6.45, 7) is 2.24. The minimum atomic E-state index is -1.35. The molecule has 338 valence electrons. The molecule has 4 bridgehead atoms. The topological polar surface area (TPSA) is 257 Å². The Labute approximate surface area is 378 Å². The third-order valence-electron chi connectivity index (χ3n) is 10.6. The lowest BCUT2D eigenvalue weighted by atomic mass is 9.93. The number of likely N-dealkylation sites (N-methyl/N-ethyl adjacent to an activating group) is 1. The molecule has 0 aliphatic carbocycles. The van der Waals surface area contributed by atoms with E-state index in [0.717, 1.165) is 16.7 Å². The van der Waals surface area contributed by atoms with Crippen molar-refractivity contribution < 1.29 is 33.4 Å². The Kier molecular flexibility index (Phi) is 18.0. The number of fused-ring (bicyclic) bond motifs is 5. The van der Waals surface area contributed by atoms with Gasteiger partial charge >= 0.3 is 0 Å². The lowest BCUT2D eigenvalue weighted by Crippen LogP contribution is -2.56. The second-order valence-electron chi connectivity index (χ2n) is 15.4. The maximum absolute atomic E-state index is 14.7. The van der Waals surface area contributed by atoms with E-state index in [2.05, 4.69) is 21.3 Å². The summed E-state index contributed by atoms with van der Waals surface area (Å²) in [5.41, 5.74) is 22.1. The highest BCUT2D eigenvalue weighted by Gasteiger charge is 2.36. The average Bonchev–Trinajstić information content (AvgIpc) is 3.29. The molecular formula is C47H56ClN9O7. The number of nitrogens with two attached hydrogens (primary N) is 3. The molecule has 0 saturated heterocycles. The van der Waals surface area contributed by atoms with Crippen LogP contribution in [-0.2, 0) is 36.8 Å². The van der Waals surface area contributed by atoms with E-state index in [-0.39, 0.29) is 52.1 Å². The van der Waals surface area contributed by atoms with Gasteiger partial charge in [0, 0.05) is 42.7 Å². The minimum Gasteiger partial charge on any atom is -0.492 e. The summed E-state index contributed by atoms with van der Waals surface area (Å²) in [5, 5.41) is 20.7. The largest absolute Gasteiger partial charge is 0.492 e. The third-order valence-corrected chi connectivity index (χ3v) is 10.9. The number of ether oxygens (including phenoxy) is 2. The Hall–Kier alpha value is -6.51. The van der Waals surface area contributed by atoms with Crippen molar-refractivity contribution in [1.82, 2.24) is 26.2 Å². The summed E-state index contributed by atoms with van der Waals surface area (Å²) in [5.74, 6) is -2.17. The molecule has 5 amide bonds. The third kappa shape index (κ3) is 13.0. The zero-order valence-electron chi connectivity index (χ0n) is 36.0. The summed E-state index contributed by atoms with van der Waals surface area (Å²) in [6, 6.07) is 22.3. The Morgan fingerprint density at radius 3 is 2.09 bits per heavy atom. The van der Waals surface area contributed by atoms with Crippen molar-refractivity contribution in [1.29, 1.82) is 5.26 Å². The number of hydrogen-bond acceptors (Lipinski definition) is 11. The van der Waals surface area contributed by atoms with E-state index in [1.807, 2.05) is 42.5 Å². The molecule has 64 heavy (non-hydrogen) atoms. The molecule has 4 aromatic carbocycles. The molecule has 0 aromatic heterocycles. The monoisotopic (exact) mass is 893 g/mol. The van der Waals surface area contributed by atoms with Crippen LogP contribution in [0.1, 0.15) is 48.9 Å². The molecular weight excluding hydrogens is 838 g/mol. The normalized spacial score (nSPS) is 16.5. The van der Waals surface area contributed by atoms with Gasteiger partial charge in [-0.1, -0.05) is 60.1 Å². The summed E-state index contributed by atoms with van der Waals surface area (Å²) < 4.78 is 12.2. The lowest BCUT2D eigenvalue weighted by Gasteiger charge is -2.33. The standard InChI is InChI=1S/C47H56ClN9O7/c1-29-44(59)56-39(45(60)53-22-19-50)26-31-8-16-40(63-23-20-51)36(25-31)37-28-34(13-17-41(37)64-24-21-52)43(46(61)54-29)57(2)47(62)38(5-3-4-18-49)55-42(58)27-30-6-9-32(10-7-30)33-11-14-35(48)15-12-33/h6-17,25,28-29,38-39,43H,3-5,18,20-24,26-27,49,51-52H2,1-2H3,(H,53,60)(H,54,61)(H,55,58)(H,56,59)/t29-,38-,39-,43-/m0/s1. The fraction of sp³-hybridized carbons (Fsp3) is 0.362. The van der Waals surface area contributed by atoms with Crippen LogP contribution in [0.25, 0.3) is 22.3 Å². The summed E-state index contributed by atoms with van der Waals surface area (Å²) in [4.78, 5) is 71.3. The first kappa shape index (κ1) is 48.5. The van der Waals surface area contributed by atoms with Crippen LogP contribution in [0.4, 0.5) is 0 Å². The lowest BCUT2D eigenvalue weighted by molar-refractivity contribution is -0.143. The fourth-order valence-electron chi connectivity index (χ4n) is 7.34. The van der Waals surface area contributed by atoms with Gasteiger partial charge in [0.05, 0.1) is 12.5 Å². The molecule has 1 aliphatic rings. The molecule has 0 fully saturated rings. The van der Waals surface area contributed by atoms with E-state index in [4.69, 9.17) is 43.5 Å². The number of unbranched alkanes of at least 4 members (excludes halogenated alkanes) is 1. The predicted octanol–water partition coefficient (Wildman–Crippen LogP) is 2.89. The zero-order valence-corrected chi connectivity index (χ0v) is 36.8. The molecule has 0 unspecified atom stereocenters. The Morgan fingerprint density at radius 2 is 1.47 bits per heavy atom. The van der Waals surface area contributed by atoms with Crippen molar-refractivity contribution in [2.75, 3.05) is 46.4 Å². The maximum atomic E-state index is 14.7. The number of nitrogens with one attached hydrogen (secondary N) is 4. The molecule has 4 aromatic rings. The molecule has 0 spiro atoms. The molecule has 16 nitrogen and oxygen atoms in total. The van der Waals surface area contributed by atoms with Gasteiger partial charge in [0.1, 0.15) is 55.4 Å². The Balaban J connectivity index is 1.54. The molecule has 4 atom stereocenters. The van der Waals surface area contributed by atoms with Crippen LogP contribution in [0.15, 0.2) is 84.9 Å². The van der Waals surface area contributed by atoms with Gasteiger partial charge in [-0.3, -0.25) is 24.0 Å². The van der Waals surface area contributed by atoms with E-state index in [0.29, 0.717) is 58.2 Å². The van der Waals surface area contributed by atoms with Crippen molar-refractivity contribution in [3.8, 4) is 39.8 Å². The van der Waals surface area contributed by atoms with Crippen LogP contribution >= 0.6 is 11.6 Å². The Bertz CT molecular complexity index is 2300. The molecule has 0 radical (unpaired) electrons. The van der Waals surface area contributed by atoms with Crippen LogP contribution in [0.2, 0.25) is 5.02 Å². The number of halogens is 1. The smallest absolute Gasteiger partial charge is 0.248 e. The molecule has 17 heteroatoms. The molecule has 5 rings (SSSR count). The average molecular weight is 894 g/mol. The van der Waals surface area contributed by atoms with Crippen molar-refractivity contribution >= 4 is 41.1 Å². The fourth-order valence-corrected chi connectivity index (χ4v) is 7.47. The summed E-state index contributed by atoms with van der Waals surface area (Å²) in [7, 11) is 1.46. The zero-order chi connectivity index (χ0) is 46.2. The second-order valence-corrected chi connectivity index (χ2v) is 15.8. The van der Waals surface area contributed by atoms with Gasteiger partial charge in [-0.15, -0.1) is 0 Å². The molecule has 0 saturated carbocycles. The molecule has 1 aliphatic heterocycles. The number of benzene rings is 4. The quantitative estimate of drug-likeness (QED) is 0.0565. The first-order valence-corrected chi connectivity index (χ1v) is 21.5. The van der Waals surface area contributed by atoms with E-state index in [1.165, 1.54) is 18.9 Å². The number of hydrogen-bond donors (Lipinski definition) is 7. The molecule has 1 heterocycles. The van der Waals surface area contributed by atoms with Gasteiger partial charge < -0.3 is 52.8 Å². The van der Waals surface area contributed by atoms with E-state index >= 15 is 0 Å². The summed E-state index contributed by atoms with van der Waals surface area (Å²) >= 11 is 6.06. The van der Waals surface area contributed by atoms with Crippen molar-refractivity contribution in [2.45, 2.75) is 63.2 Å². The van der Waals surface area contributed by atoms with E-state index in [9.17, 15) is 24.0 Å². The first-order chi connectivity index (χ1) is 30.9. The van der Waals surface area contributed by atoms with Gasteiger partial charge in [-0.05, 0) is 96.9 Å². The number of carbonyl (C=O) groups excluding carboxylic acids is 5. The molecule has 10 N–H and O–H groups in total. The van der Waals surface area contributed by atoms with Gasteiger partial charge in [0.2, 0.25) is 29.5 Å². The van der Waals surface area contributed by atoms with Gasteiger partial charge in [0.25, 0.3) is 0 Å². The van der Waals surface area contributed by atoms with Crippen LogP contribution in [-0.4, -0.2) is 99.0 Å². The SMILES string of the molecule is C[C@@H]1NC(=O)[C@@H](N(C)C(=O)[C@H](CCCCN)NC(=O)Cc2ccc(-c3ccc(Cl)cc3)cc2)c2ccc(OCCN)c(c2)-c2cc(ccc2OCCN)C[C@@H](C(=O)NCC#N)NC1=O. The highest BCUT2D eigenvalue weighted by atomic mass is 35.5. The Morgan fingerprint density at radius 1 is 0.844 bits per heavy atom. The highest BCUT2D eigenvalue weighted by Crippen LogP contribution is 2.40. The van der Waals surface area contributed by atoms with Gasteiger partial charge in [-0.2, -0.15) is 5.26 Å². The van der Waals surface area contributed by atoms with E-state index < -0.39 is 53.7 Å². The first-order valence-electron chi connectivity index (χ1n) is 21.2. The second kappa shape index (κ2) is 23.8. The summed E-state index contributed by atoms with van der Waals surface area (Å²) in [6.07, 6.45) is 1.32. The van der Waals surface area contributed by atoms with Crippen LogP contribution in [0, 0.1) is 11.3 Å². The van der Waals surface area contributed by atoms with Gasteiger partial charge in [0.15, 0.2) is 0 Å². The van der Waals surface area contributed by atoms with E-state index in [1.54, 1.807) is 48.5 Å². The van der Waals surface area contributed by atoms with Gasteiger partial charge in [-0.25, -0.2) is 0 Å². The van der Waals surface area contributed by atoms with Crippen LogP contribution in [0.3, 0.4) is 0 Å². The number of rotatable bonds is 18. The highest BCUT2D eigenvalue weighted by molar-refractivity contribution is 6.30.